The van der Waals surface area contributed by atoms with Gasteiger partial charge in [-0.25, -0.2) is 8.42 Å². The minimum atomic E-state index is -4.64. The van der Waals surface area contributed by atoms with Gasteiger partial charge in [0, 0.05) is 0 Å². The summed E-state index contributed by atoms with van der Waals surface area (Å²) in [5.74, 6) is 0. The van der Waals surface area contributed by atoms with Crippen molar-refractivity contribution >= 4 is 21.6 Å². The molecule has 1 N–H and O–H groups in total. The van der Waals surface area contributed by atoms with Gasteiger partial charge in [-0.2, -0.15) is 22.7 Å². The van der Waals surface area contributed by atoms with Crippen LogP contribution < -0.4 is 4.90 Å². The highest BCUT2D eigenvalue weighted by molar-refractivity contribution is 7.89. The van der Waals surface area contributed by atoms with Gasteiger partial charge in [0.1, 0.15) is 4.90 Å². The predicted molar refractivity (Wildman–Crippen MR) is 81.0 cm³/mol. The van der Waals surface area contributed by atoms with E-state index in [0.717, 1.165) is 21.3 Å². The molecule has 0 saturated carbocycles. The molecule has 0 aromatic heterocycles. The fraction of sp³-hybridized carbons (Fsp3) is 0.500. The number of quaternary nitrogens is 1. The van der Waals surface area contributed by atoms with Crippen LogP contribution in [0.2, 0.25) is 5.02 Å². The number of nitrogens with one attached hydrogen (secondary N) is 1. The first-order valence-corrected chi connectivity index (χ1v) is 9.05. The molecule has 0 amide bonds. The van der Waals surface area contributed by atoms with Crippen molar-refractivity contribution in [2.24, 2.45) is 0 Å². The van der Waals surface area contributed by atoms with Crippen molar-refractivity contribution in [1.82, 2.24) is 4.31 Å². The number of hydrogen-bond donors (Lipinski definition) is 1. The Morgan fingerprint density at radius 3 is 2.46 bits per heavy atom. The number of hydrogen-bond acceptors (Lipinski definition) is 3. The summed E-state index contributed by atoms with van der Waals surface area (Å²) in [6.07, 6.45) is -4.27. The van der Waals surface area contributed by atoms with E-state index in [2.05, 4.69) is 0 Å². The SMILES string of the molecule is N#CCC[NH+]1CCN(S(=O)(=O)c2cc(C(F)(F)F)ccc2Cl)CC1. The van der Waals surface area contributed by atoms with Crippen molar-refractivity contribution in [3.63, 3.8) is 0 Å². The Morgan fingerprint density at radius 2 is 1.92 bits per heavy atom. The maximum atomic E-state index is 12.8. The Balaban J connectivity index is 2.21. The normalized spacial score (nSPS) is 17.6. The van der Waals surface area contributed by atoms with E-state index >= 15 is 0 Å². The quantitative estimate of drug-likeness (QED) is 0.850. The molecule has 1 fully saturated rings. The van der Waals surface area contributed by atoms with Crippen LogP contribution in [0.25, 0.3) is 0 Å². The van der Waals surface area contributed by atoms with Gasteiger partial charge in [-0.05, 0) is 18.2 Å². The van der Waals surface area contributed by atoms with Crippen molar-refractivity contribution < 1.29 is 26.5 Å². The second kappa shape index (κ2) is 7.27. The van der Waals surface area contributed by atoms with Gasteiger partial charge in [-0.15, -0.1) is 0 Å². The average molecular weight is 383 g/mol. The molecule has 1 aliphatic rings. The molecule has 5 nitrogen and oxygen atoms in total. The number of piperazine rings is 1. The van der Waals surface area contributed by atoms with Crippen LogP contribution in [0.15, 0.2) is 23.1 Å². The lowest BCUT2D eigenvalue weighted by Gasteiger charge is -2.31. The van der Waals surface area contributed by atoms with Crippen LogP contribution in [0.5, 0.6) is 0 Å². The largest absolute Gasteiger partial charge is 0.416 e. The highest BCUT2D eigenvalue weighted by Gasteiger charge is 2.36. The minimum absolute atomic E-state index is 0.176. The number of sulfonamides is 1. The summed E-state index contributed by atoms with van der Waals surface area (Å²) < 4.78 is 64.8. The monoisotopic (exact) mass is 382 g/mol. The molecule has 0 aliphatic carbocycles. The molecule has 1 aliphatic heterocycles. The number of nitrogens with zero attached hydrogens (tertiary/aromatic N) is 2. The van der Waals surface area contributed by atoms with E-state index in [9.17, 15) is 21.6 Å². The maximum Gasteiger partial charge on any atom is 0.416 e. The molecule has 0 radical (unpaired) electrons. The number of rotatable bonds is 4. The van der Waals surface area contributed by atoms with E-state index in [4.69, 9.17) is 16.9 Å². The third kappa shape index (κ3) is 4.19. The van der Waals surface area contributed by atoms with Crippen molar-refractivity contribution in [2.45, 2.75) is 17.5 Å². The summed E-state index contributed by atoms with van der Waals surface area (Å²) in [4.78, 5) is 0.567. The molecule has 1 aromatic rings. The minimum Gasteiger partial charge on any atom is -0.332 e. The molecule has 1 saturated heterocycles. The van der Waals surface area contributed by atoms with E-state index in [1.54, 1.807) is 0 Å². The molecule has 10 heteroatoms. The first-order valence-electron chi connectivity index (χ1n) is 7.23. The second-order valence-electron chi connectivity index (χ2n) is 5.46. The van der Waals surface area contributed by atoms with Crippen LogP contribution in [0.4, 0.5) is 13.2 Å². The van der Waals surface area contributed by atoms with Crippen molar-refractivity contribution in [1.29, 1.82) is 5.26 Å². The van der Waals surface area contributed by atoms with Gasteiger partial charge in [0.05, 0.1) is 55.8 Å². The van der Waals surface area contributed by atoms with Crippen LogP contribution >= 0.6 is 11.6 Å². The van der Waals surface area contributed by atoms with Gasteiger partial charge in [0.25, 0.3) is 0 Å². The van der Waals surface area contributed by atoms with Gasteiger partial charge in [-0.1, -0.05) is 11.6 Å². The molecule has 1 aromatic carbocycles. The van der Waals surface area contributed by atoms with E-state index in [0.29, 0.717) is 32.1 Å². The van der Waals surface area contributed by atoms with E-state index in [1.807, 2.05) is 6.07 Å². The fourth-order valence-electron chi connectivity index (χ4n) is 2.54. The summed E-state index contributed by atoms with van der Waals surface area (Å²) in [5.41, 5.74) is -1.05. The predicted octanol–water partition coefficient (Wildman–Crippen LogP) is 1.16. The summed E-state index contributed by atoms with van der Waals surface area (Å²) in [7, 11) is -4.10. The van der Waals surface area contributed by atoms with Gasteiger partial charge < -0.3 is 4.90 Å². The molecular weight excluding hydrogens is 367 g/mol. The van der Waals surface area contributed by atoms with Crippen molar-refractivity contribution in [3.05, 3.63) is 28.8 Å². The molecule has 0 spiro atoms. The number of halogens is 4. The Morgan fingerprint density at radius 1 is 1.29 bits per heavy atom. The average Bonchev–Trinajstić information content (AvgIpc) is 2.52. The van der Waals surface area contributed by atoms with Crippen LogP contribution in [-0.4, -0.2) is 45.4 Å². The summed E-state index contributed by atoms with van der Waals surface area (Å²) in [6.45, 7) is 1.97. The highest BCUT2D eigenvalue weighted by atomic mass is 35.5. The summed E-state index contributed by atoms with van der Waals surface area (Å²) in [6, 6.07) is 4.31. The third-order valence-electron chi connectivity index (χ3n) is 3.90. The van der Waals surface area contributed by atoms with Crippen molar-refractivity contribution in [3.8, 4) is 6.07 Å². The second-order valence-corrected chi connectivity index (χ2v) is 7.77. The van der Waals surface area contributed by atoms with Gasteiger partial charge in [-0.3, -0.25) is 0 Å². The van der Waals surface area contributed by atoms with Crippen LogP contribution in [-0.2, 0) is 16.2 Å². The number of nitriles is 1. The standard InChI is InChI=1S/C14H15ClF3N3O2S/c15-12-3-2-11(14(16,17)18)10-13(12)24(22,23)21-8-6-20(7-9-21)5-1-4-19/h2-3,10H,1,5-9H2/p+1. The first-order chi connectivity index (χ1) is 11.2. The van der Waals surface area contributed by atoms with E-state index < -0.39 is 26.7 Å². The molecule has 0 atom stereocenters. The van der Waals surface area contributed by atoms with Crippen molar-refractivity contribution in [2.75, 3.05) is 32.7 Å². The van der Waals surface area contributed by atoms with Crippen LogP contribution in [0, 0.1) is 11.3 Å². The molecule has 1 heterocycles. The number of benzene rings is 1. The Bertz CT molecular complexity index is 739. The topological polar surface area (TPSA) is 65.6 Å². The lowest BCUT2D eigenvalue weighted by molar-refractivity contribution is -0.903. The lowest BCUT2D eigenvalue weighted by atomic mass is 10.2. The zero-order valence-corrected chi connectivity index (χ0v) is 14.2. The summed E-state index contributed by atoms with van der Waals surface area (Å²) in [5, 5.41) is 8.34. The fourth-order valence-corrected chi connectivity index (χ4v) is 4.48. The molecule has 0 unspecified atom stereocenters. The molecule has 0 bridgehead atoms. The number of alkyl halides is 3. The van der Waals surface area contributed by atoms with Gasteiger partial charge in [0.15, 0.2) is 0 Å². The smallest absolute Gasteiger partial charge is 0.332 e. The molecular formula is C14H16ClF3N3O2S+. The zero-order chi connectivity index (χ0) is 18.0. The first kappa shape index (κ1) is 19.0. The molecule has 132 valence electrons. The van der Waals surface area contributed by atoms with Crippen LogP contribution in [0.3, 0.4) is 0 Å². The van der Waals surface area contributed by atoms with Gasteiger partial charge >= 0.3 is 6.18 Å². The highest BCUT2D eigenvalue weighted by Crippen LogP contribution is 2.34. The zero-order valence-electron chi connectivity index (χ0n) is 12.6. The van der Waals surface area contributed by atoms with Crippen LogP contribution in [0.1, 0.15) is 12.0 Å². The Hall–Kier alpha value is -1.34. The van der Waals surface area contributed by atoms with E-state index in [-0.39, 0.29) is 18.1 Å². The molecule has 2 rings (SSSR count). The van der Waals surface area contributed by atoms with Gasteiger partial charge in [0.2, 0.25) is 10.0 Å². The Kier molecular flexibility index (Phi) is 5.75. The molecule has 24 heavy (non-hydrogen) atoms. The lowest BCUT2D eigenvalue weighted by Crippen LogP contribution is -3.14. The summed E-state index contributed by atoms with van der Waals surface area (Å²) >= 11 is 5.83. The third-order valence-corrected chi connectivity index (χ3v) is 6.28. The van der Waals surface area contributed by atoms with E-state index in [1.165, 1.54) is 0 Å². The Labute approximate surface area is 143 Å². The maximum absolute atomic E-state index is 12.8.